The van der Waals surface area contributed by atoms with Crippen LogP contribution < -0.4 is 10.5 Å². The number of hydrogen-bond acceptors (Lipinski definition) is 3. The lowest BCUT2D eigenvalue weighted by atomic mass is 10.1. The molecule has 0 aliphatic heterocycles. The van der Waals surface area contributed by atoms with Crippen molar-refractivity contribution in [3.05, 3.63) is 29.3 Å². The van der Waals surface area contributed by atoms with Gasteiger partial charge in [-0.05, 0) is 44.9 Å². The lowest BCUT2D eigenvalue weighted by Crippen LogP contribution is -2.45. The van der Waals surface area contributed by atoms with Gasteiger partial charge in [0, 0.05) is 12.1 Å². The Hall–Kier alpha value is -0.910. The van der Waals surface area contributed by atoms with E-state index in [-0.39, 0.29) is 6.54 Å². The fourth-order valence-electron chi connectivity index (χ4n) is 1.36. The first kappa shape index (κ1) is 14.2. The van der Waals surface area contributed by atoms with Crippen LogP contribution in [0.4, 0.5) is 0 Å². The van der Waals surface area contributed by atoms with E-state index in [0.717, 1.165) is 11.1 Å². The summed E-state index contributed by atoms with van der Waals surface area (Å²) in [4.78, 5) is 0.321. The molecule has 17 heavy (non-hydrogen) atoms. The van der Waals surface area contributed by atoms with Crippen LogP contribution in [-0.2, 0) is 10.0 Å². The molecule has 0 aliphatic rings. The second-order valence-electron chi connectivity index (χ2n) is 5.08. The molecule has 0 unspecified atom stereocenters. The molecule has 0 saturated carbocycles. The van der Waals surface area contributed by atoms with Gasteiger partial charge in [0.2, 0.25) is 10.0 Å². The standard InChI is InChI=1S/C12H20N2O2S/c1-9-5-6-10(2)11(7-9)17(15,16)14-8-12(3,4)13/h5-7,14H,8,13H2,1-4H3. The van der Waals surface area contributed by atoms with Gasteiger partial charge in [0.25, 0.3) is 0 Å². The van der Waals surface area contributed by atoms with E-state index in [1.807, 2.05) is 13.0 Å². The van der Waals surface area contributed by atoms with Crippen LogP contribution in [0.1, 0.15) is 25.0 Å². The second-order valence-corrected chi connectivity index (χ2v) is 6.82. The molecule has 0 saturated heterocycles. The highest BCUT2D eigenvalue weighted by Gasteiger charge is 2.20. The Labute approximate surface area is 103 Å². The third-order valence-electron chi connectivity index (χ3n) is 2.35. The average Bonchev–Trinajstić information content (AvgIpc) is 2.18. The van der Waals surface area contributed by atoms with Gasteiger partial charge in [-0.3, -0.25) is 0 Å². The highest BCUT2D eigenvalue weighted by Crippen LogP contribution is 2.16. The van der Waals surface area contributed by atoms with Crippen molar-refractivity contribution in [2.24, 2.45) is 5.73 Å². The number of benzene rings is 1. The first-order chi connectivity index (χ1) is 7.62. The Kier molecular flexibility index (Phi) is 3.96. The van der Waals surface area contributed by atoms with E-state index in [1.165, 1.54) is 0 Å². The van der Waals surface area contributed by atoms with Gasteiger partial charge < -0.3 is 5.73 Å². The van der Waals surface area contributed by atoms with Gasteiger partial charge in [0.05, 0.1) is 4.90 Å². The summed E-state index contributed by atoms with van der Waals surface area (Å²) in [6.07, 6.45) is 0. The van der Waals surface area contributed by atoms with E-state index >= 15 is 0 Å². The number of aryl methyl sites for hydroxylation is 2. The third-order valence-corrected chi connectivity index (χ3v) is 3.89. The highest BCUT2D eigenvalue weighted by atomic mass is 32.2. The molecule has 3 N–H and O–H groups in total. The van der Waals surface area contributed by atoms with Crippen LogP contribution in [0.2, 0.25) is 0 Å². The number of rotatable bonds is 4. The van der Waals surface area contributed by atoms with E-state index < -0.39 is 15.6 Å². The van der Waals surface area contributed by atoms with Crippen LogP contribution in [0.3, 0.4) is 0 Å². The predicted molar refractivity (Wildman–Crippen MR) is 69.4 cm³/mol. The Balaban J connectivity index is 3.02. The summed E-state index contributed by atoms with van der Waals surface area (Å²) < 4.78 is 26.7. The summed E-state index contributed by atoms with van der Waals surface area (Å²) in [7, 11) is -3.48. The zero-order chi connectivity index (χ0) is 13.3. The van der Waals surface area contributed by atoms with Gasteiger partial charge >= 0.3 is 0 Å². The zero-order valence-corrected chi connectivity index (χ0v) is 11.6. The van der Waals surface area contributed by atoms with Gasteiger partial charge in [0.15, 0.2) is 0 Å². The van der Waals surface area contributed by atoms with Crippen LogP contribution in [-0.4, -0.2) is 20.5 Å². The molecule has 96 valence electrons. The van der Waals surface area contributed by atoms with E-state index in [9.17, 15) is 8.42 Å². The minimum absolute atomic E-state index is 0.211. The molecule has 0 fully saturated rings. The zero-order valence-electron chi connectivity index (χ0n) is 10.7. The molecule has 0 aliphatic carbocycles. The molecule has 5 heteroatoms. The monoisotopic (exact) mass is 256 g/mol. The Morgan fingerprint density at radius 2 is 1.88 bits per heavy atom. The minimum atomic E-state index is -3.48. The highest BCUT2D eigenvalue weighted by molar-refractivity contribution is 7.89. The first-order valence-electron chi connectivity index (χ1n) is 5.48. The third kappa shape index (κ3) is 4.11. The maximum atomic E-state index is 12.1. The van der Waals surface area contributed by atoms with Gasteiger partial charge in [-0.15, -0.1) is 0 Å². The lowest BCUT2D eigenvalue weighted by molar-refractivity contribution is 0.497. The molecule has 0 amide bonds. The van der Waals surface area contributed by atoms with Crippen molar-refractivity contribution < 1.29 is 8.42 Å². The van der Waals surface area contributed by atoms with E-state index in [2.05, 4.69) is 4.72 Å². The SMILES string of the molecule is Cc1ccc(C)c(S(=O)(=O)NCC(C)(C)N)c1. The number of nitrogens with one attached hydrogen (secondary N) is 1. The number of sulfonamides is 1. The van der Waals surface area contributed by atoms with Crippen molar-refractivity contribution in [1.29, 1.82) is 0 Å². The van der Waals surface area contributed by atoms with Crippen molar-refractivity contribution in [2.45, 2.75) is 38.1 Å². The number of hydrogen-bond donors (Lipinski definition) is 2. The summed E-state index contributed by atoms with van der Waals surface area (Å²) in [6.45, 7) is 7.41. The van der Waals surface area contributed by atoms with Crippen LogP contribution in [0.5, 0.6) is 0 Å². The van der Waals surface area contributed by atoms with Crippen molar-refractivity contribution in [1.82, 2.24) is 4.72 Å². The molecule has 0 aromatic heterocycles. The summed E-state index contributed by atoms with van der Waals surface area (Å²) in [5.74, 6) is 0. The first-order valence-corrected chi connectivity index (χ1v) is 6.96. The maximum absolute atomic E-state index is 12.1. The molecule has 0 bridgehead atoms. The van der Waals surface area contributed by atoms with Crippen molar-refractivity contribution in [3.63, 3.8) is 0 Å². The smallest absolute Gasteiger partial charge is 0.240 e. The molecular formula is C12H20N2O2S. The van der Waals surface area contributed by atoms with Crippen LogP contribution in [0.25, 0.3) is 0 Å². The molecule has 1 aromatic rings. The summed E-state index contributed by atoms with van der Waals surface area (Å²) >= 11 is 0. The van der Waals surface area contributed by atoms with Crippen LogP contribution >= 0.6 is 0 Å². The van der Waals surface area contributed by atoms with Crippen molar-refractivity contribution >= 4 is 10.0 Å². The molecule has 0 atom stereocenters. The van der Waals surface area contributed by atoms with Crippen LogP contribution in [0, 0.1) is 13.8 Å². The number of nitrogens with two attached hydrogens (primary N) is 1. The summed E-state index contributed by atoms with van der Waals surface area (Å²) in [5.41, 5.74) is 6.85. The average molecular weight is 256 g/mol. The Morgan fingerprint density at radius 1 is 1.29 bits per heavy atom. The fourth-order valence-corrected chi connectivity index (χ4v) is 2.91. The minimum Gasteiger partial charge on any atom is -0.324 e. The normalized spacial score (nSPS) is 12.8. The van der Waals surface area contributed by atoms with E-state index in [1.54, 1.807) is 32.9 Å². The summed E-state index contributed by atoms with van der Waals surface area (Å²) in [5, 5.41) is 0. The molecule has 0 spiro atoms. The Morgan fingerprint density at radius 3 is 2.41 bits per heavy atom. The second kappa shape index (κ2) is 4.76. The quantitative estimate of drug-likeness (QED) is 0.853. The fraction of sp³-hybridized carbons (Fsp3) is 0.500. The van der Waals surface area contributed by atoms with Crippen molar-refractivity contribution in [3.8, 4) is 0 Å². The molecule has 1 rings (SSSR count). The molecule has 0 heterocycles. The summed E-state index contributed by atoms with van der Waals surface area (Å²) in [6, 6.07) is 5.36. The maximum Gasteiger partial charge on any atom is 0.240 e. The molecule has 4 nitrogen and oxygen atoms in total. The Bertz CT molecular complexity index is 502. The van der Waals surface area contributed by atoms with E-state index in [0.29, 0.717) is 4.90 Å². The van der Waals surface area contributed by atoms with Gasteiger partial charge in [-0.2, -0.15) is 0 Å². The van der Waals surface area contributed by atoms with Gasteiger partial charge in [-0.1, -0.05) is 12.1 Å². The predicted octanol–water partition coefficient (Wildman–Crippen LogP) is 1.32. The van der Waals surface area contributed by atoms with Crippen molar-refractivity contribution in [2.75, 3.05) is 6.54 Å². The van der Waals surface area contributed by atoms with Crippen LogP contribution in [0.15, 0.2) is 23.1 Å². The van der Waals surface area contributed by atoms with Gasteiger partial charge in [0.1, 0.15) is 0 Å². The topological polar surface area (TPSA) is 72.2 Å². The van der Waals surface area contributed by atoms with E-state index in [4.69, 9.17) is 5.73 Å². The van der Waals surface area contributed by atoms with Gasteiger partial charge in [-0.25, -0.2) is 13.1 Å². The lowest BCUT2D eigenvalue weighted by Gasteiger charge is -2.19. The molecular weight excluding hydrogens is 236 g/mol. The molecule has 1 aromatic carbocycles. The largest absolute Gasteiger partial charge is 0.324 e. The molecule has 0 radical (unpaired) electrons.